The molecule has 0 bridgehead atoms. The number of hydrogen-bond acceptors (Lipinski definition) is 1. The van der Waals surface area contributed by atoms with Crippen molar-refractivity contribution < 1.29 is 26.3 Å². The largest absolute Gasteiger partial charge is 0.417 e. The number of hydrogen-bond donors (Lipinski definition) is 0. The molecular formula is C17H11BrF6S. The van der Waals surface area contributed by atoms with E-state index in [1.54, 1.807) is 30.3 Å². The normalized spacial score (nSPS) is 13.6. The fraction of sp³-hybridized carbons (Fsp3) is 0.176. The molecule has 0 radical (unpaired) electrons. The Morgan fingerprint density at radius 2 is 1.40 bits per heavy atom. The van der Waals surface area contributed by atoms with Gasteiger partial charge in [0.15, 0.2) is 0 Å². The van der Waals surface area contributed by atoms with Gasteiger partial charge in [0.05, 0.1) is 11.1 Å². The molecule has 0 aliphatic heterocycles. The van der Waals surface area contributed by atoms with Gasteiger partial charge in [-0.3, -0.25) is 0 Å². The maximum absolute atomic E-state index is 13.6. The molecule has 2 aromatic rings. The smallest absolute Gasteiger partial charge is 0.166 e. The maximum Gasteiger partial charge on any atom is 0.417 e. The van der Waals surface area contributed by atoms with Crippen molar-refractivity contribution in [2.45, 2.75) is 17.2 Å². The molecule has 0 aliphatic carbocycles. The second-order valence-electron chi connectivity index (χ2n) is 4.92. The second-order valence-corrected chi connectivity index (χ2v) is 6.65. The van der Waals surface area contributed by atoms with Crippen LogP contribution in [0.4, 0.5) is 26.3 Å². The highest BCUT2D eigenvalue weighted by molar-refractivity contribution is 9.09. The Kier molecular flexibility index (Phi) is 6.26. The standard InChI is InChI=1S/C17H11BrF6S/c18-10-14(25-13-4-2-1-3-5-13)15(17(22,23)24)11-6-8-12(9-7-11)16(19,20)21/h1-9H,10H2/b15-14+. The van der Waals surface area contributed by atoms with Gasteiger partial charge in [0, 0.05) is 15.1 Å². The van der Waals surface area contributed by atoms with Crippen molar-refractivity contribution in [3.8, 4) is 0 Å². The lowest BCUT2D eigenvalue weighted by atomic mass is 10.0. The fourth-order valence-corrected chi connectivity index (χ4v) is 3.68. The highest BCUT2D eigenvalue weighted by Gasteiger charge is 2.38. The van der Waals surface area contributed by atoms with Crippen molar-refractivity contribution in [3.05, 3.63) is 70.6 Å². The molecule has 0 aromatic heterocycles. The van der Waals surface area contributed by atoms with Crippen molar-refractivity contribution >= 4 is 33.3 Å². The zero-order chi connectivity index (χ0) is 18.7. The summed E-state index contributed by atoms with van der Waals surface area (Å²) >= 11 is 3.97. The number of rotatable bonds is 4. The molecule has 2 aromatic carbocycles. The van der Waals surface area contributed by atoms with Gasteiger partial charge in [-0.25, -0.2) is 0 Å². The van der Waals surface area contributed by atoms with Gasteiger partial charge < -0.3 is 0 Å². The Labute approximate surface area is 153 Å². The molecule has 0 heterocycles. The van der Waals surface area contributed by atoms with Gasteiger partial charge in [0.2, 0.25) is 0 Å². The van der Waals surface area contributed by atoms with E-state index in [1.165, 1.54) is 0 Å². The van der Waals surface area contributed by atoms with Crippen LogP contribution in [0.5, 0.6) is 0 Å². The molecule has 0 saturated heterocycles. The Morgan fingerprint density at radius 1 is 0.840 bits per heavy atom. The molecule has 0 spiro atoms. The molecule has 0 unspecified atom stereocenters. The van der Waals surface area contributed by atoms with Gasteiger partial charge in [0.1, 0.15) is 0 Å². The highest BCUT2D eigenvalue weighted by Crippen LogP contribution is 2.43. The van der Waals surface area contributed by atoms with Gasteiger partial charge in [-0.15, -0.1) is 0 Å². The van der Waals surface area contributed by atoms with E-state index in [9.17, 15) is 26.3 Å². The molecule has 0 saturated carbocycles. The lowest BCUT2D eigenvalue weighted by Gasteiger charge is -2.17. The lowest BCUT2D eigenvalue weighted by molar-refractivity contribution is -0.137. The first-order valence-corrected chi connectivity index (χ1v) is 8.83. The van der Waals surface area contributed by atoms with Crippen LogP contribution in [0.1, 0.15) is 11.1 Å². The summed E-state index contributed by atoms with van der Waals surface area (Å²) in [4.78, 5) is 0.573. The summed E-state index contributed by atoms with van der Waals surface area (Å²) in [5.41, 5.74) is -2.25. The molecule has 0 N–H and O–H groups in total. The summed E-state index contributed by atoms with van der Waals surface area (Å²) in [6, 6.07) is 11.4. The predicted molar refractivity (Wildman–Crippen MR) is 90.5 cm³/mol. The molecule has 2 rings (SSSR count). The van der Waals surface area contributed by atoms with E-state index in [0.29, 0.717) is 17.0 Å². The third kappa shape index (κ3) is 5.28. The first-order chi connectivity index (χ1) is 11.6. The monoisotopic (exact) mass is 440 g/mol. The average Bonchev–Trinajstić information content (AvgIpc) is 2.53. The minimum Gasteiger partial charge on any atom is -0.166 e. The zero-order valence-corrected chi connectivity index (χ0v) is 14.9. The summed E-state index contributed by atoms with van der Waals surface area (Å²) in [5.74, 6) is 0. The van der Waals surface area contributed by atoms with Crippen molar-refractivity contribution in [2.24, 2.45) is 0 Å². The van der Waals surface area contributed by atoms with Crippen LogP contribution >= 0.6 is 27.7 Å². The predicted octanol–water partition coefficient (Wildman–Crippen LogP) is 7.17. The molecule has 0 nitrogen and oxygen atoms in total. The van der Waals surface area contributed by atoms with E-state index < -0.39 is 23.5 Å². The fourth-order valence-electron chi connectivity index (χ4n) is 2.08. The third-order valence-electron chi connectivity index (χ3n) is 3.17. The number of halogens is 7. The number of alkyl halides is 7. The minimum absolute atomic E-state index is 0.0292. The summed E-state index contributed by atoms with van der Waals surface area (Å²) in [7, 11) is 0. The van der Waals surface area contributed by atoms with Crippen LogP contribution in [0.25, 0.3) is 5.57 Å². The van der Waals surface area contributed by atoms with E-state index in [2.05, 4.69) is 15.9 Å². The van der Waals surface area contributed by atoms with E-state index in [4.69, 9.17) is 0 Å². The molecule has 0 amide bonds. The maximum atomic E-state index is 13.6. The molecule has 134 valence electrons. The van der Waals surface area contributed by atoms with E-state index in [1.807, 2.05) is 0 Å². The van der Waals surface area contributed by atoms with Crippen LogP contribution in [-0.4, -0.2) is 11.5 Å². The summed E-state index contributed by atoms with van der Waals surface area (Å²) in [6.45, 7) is 0. The van der Waals surface area contributed by atoms with Gasteiger partial charge in [0.25, 0.3) is 0 Å². The Bertz CT molecular complexity index is 732. The molecule has 8 heteroatoms. The van der Waals surface area contributed by atoms with Crippen molar-refractivity contribution in [2.75, 3.05) is 5.33 Å². The quantitative estimate of drug-likeness (QED) is 0.276. The first kappa shape index (κ1) is 19.9. The van der Waals surface area contributed by atoms with Crippen LogP contribution in [-0.2, 0) is 6.18 Å². The van der Waals surface area contributed by atoms with Gasteiger partial charge in [-0.1, -0.05) is 58.0 Å². The Balaban J connectivity index is 2.50. The SMILES string of the molecule is FC(F)(F)/C(=C(\CBr)Sc1ccccc1)c1ccc(C(F)(F)F)cc1. The Morgan fingerprint density at radius 3 is 1.84 bits per heavy atom. The molecular weight excluding hydrogens is 430 g/mol. The zero-order valence-electron chi connectivity index (χ0n) is 12.5. The summed E-state index contributed by atoms with van der Waals surface area (Å²) < 4.78 is 78.6. The van der Waals surface area contributed by atoms with Crippen LogP contribution in [0.15, 0.2) is 64.4 Å². The van der Waals surface area contributed by atoms with Crippen LogP contribution < -0.4 is 0 Å². The Hall–Kier alpha value is -1.41. The molecule has 0 fully saturated rings. The van der Waals surface area contributed by atoms with E-state index in [-0.39, 0.29) is 15.8 Å². The second kappa shape index (κ2) is 7.86. The number of benzene rings is 2. The van der Waals surface area contributed by atoms with Gasteiger partial charge in [-0.05, 0) is 29.8 Å². The van der Waals surface area contributed by atoms with Crippen molar-refractivity contribution in [3.63, 3.8) is 0 Å². The van der Waals surface area contributed by atoms with Gasteiger partial charge in [-0.2, -0.15) is 26.3 Å². The topological polar surface area (TPSA) is 0 Å². The molecule has 25 heavy (non-hydrogen) atoms. The van der Waals surface area contributed by atoms with Crippen LogP contribution in [0.3, 0.4) is 0 Å². The van der Waals surface area contributed by atoms with Crippen LogP contribution in [0.2, 0.25) is 0 Å². The summed E-state index contributed by atoms with van der Waals surface area (Å²) in [6.07, 6.45) is -9.30. The first-order valence-electron chi connectivity index (χ1n) is 6.90. The van der Waals surface area contributed by atoms with Gasteiger partial charge >= 0.3 is 12.4 Å². The minimum atomic E-state index is -4.70. The average molecular weight is 441 g/mol. The number of allylic oxidation sites excluding steroid dienone is 2. The third-order valence-corrected chi connectivity index (χ3v) is 5.20. The highest BCUT2D eigenvalue weighted by atomic mass is 79.9. The van der Waals surface area contributed by atoms with Crippen molar-refractivity contribution in [1.29, 1.82) is 0 Å². The molecule has 0 atom stereocenters. The van der Waals surface area contributed by atoms with E-state index in [0.717, 1.165) is 23.9 Å². The number of thioether (sulfide) groups is 1. The summed E-state index contributed by atoms with van der Waals surface area (Å²) in [5, 5.41) is -0.0809. The van der Waals surface area contributed by atoms with Crippen LogP contribution in [0, 0.1) is 0 Å². The van der Waals surface area contributed by atoms with Crippen molar-refractivity contribution in [1.82, 2.24) is 0 Å². The van der Waals surface area contributed by atoms with E-state index >= 15 is 0 Å². The lowest BCUT2D eigenvalue weighted by Crippen LogP contribution is -2.14. The molecule has 0 aliphatic rings.